The first kappa shape index (κ1) is 15.2. The number of benzene rings is 2. The molecule has 0 spiro atoms. The van der Waals surface area contributed by atoms with Gasteiger partial charge in [-0.3, -0.25) is 4.79 Å². The summed E-state index contributed by atoms with van der Waals surface area (Å²) in [7, 11) is 1.33. The number of carbonyl (C=O) groups excluding carboxylic acids is 2. The number of esters is 1. The molecule has 1 atom stereocenters. The molecule has 5 heteroatoms. The van der Waals surface area contributed by atoms with E-state index in [0.29, 0.717) is 5.56 Å². The first-order valence-corrected chi connectivity index (χ1v) is 7.36. The lowest BCUT2D eigenvalue weighted by molar-refractivity contribution is 0.0600. The molecule has 0 heterocycles. The van der Waals surface area contributed by atoms with Crippen LogP contribution in [0.1, 0.15) is 44.3 Å². The molecular formula is C18H16FNO3. The van der Waals surface area contributed by atoms with E-state index in [0.717, 1.165) is 24.0 Å². The highest BCUT2D eigenvalue weighted by Gasteiger charge is 2.26. The Morgan fingerprint density at radius 3 is 2.74 bits per heavy atom. The van der Waals surface area contributed by atoms with Gasteiger partial charge in [-0.15, -0.1) is 0 Å². The van der Waals surface area contributed by atoms with Crippen molar-refractivity contribution in [2.75, 3.05) is 7.11 Å². The molecule has 1 N–H and O–H groups in total. The SMILES string of the molecule is COC(=O)c1ccc2c(c1)C(NC(=O)c1ccccc1F)CC2. The fourth-order valence-corrected chi connectivity index (χ4v) is 2.88. The van der Waals surface area contributed by atoms with Gasteiger partial charge in [-0.25, -0.2) is 9.18 Å². The number of fused-ring (bicyclic) bond motifs is 1. The average molecular weight is 313 g/mol. The van der Waals surface area contributed by atoms with Crippen LogP contribution in [-0.2, 0) is 11.2 Å². The maximum atomic E-state index is 13.7. The van der Waals surface area contributed by atoms with Gasteiger partial charge >= 0.3 is 5.97 Å². The topological polar surface area (TPSA) is 55.4 Å². The fourth-order valence-electron chi connectivity index (χ4n) is 2.88. The smallest absolute Gasteiger partial charge is 0.337 e. The zero-order valence-electron chi connectivity index (χ0n) is 12.6. The Morgan fingerprint density at radius 1 is 1.22 bits per heavy atom. The van der Waals surface area contributed by atoms with E-state index in [-0.39, 0.29) is 11.6 Å². The van der Waals surface area contributed by atoms with Crippen molar-refractivity contribution in [3.05, 3.63) is 70.5 Å². The predicted octanol–water partition coefficient (Wildman–Crippen LogP) is 3.03. The minimum Gasteiger partial charge on any atom is -0.465 e. The zero-order chi connectivity index (χ0) is 16.4. The number of hydrogen-bond donors (Lipinski definition) is 1. The Hall–Kier alpha value is -2.69. The van der Waals surface area contributed by atoms with Gasteiger partial charge < -0.3 is 10.1 Å². The van der Waals surface area contributed by atoms with Gasteiger partial charge in [0.1, 0.15) is 5.82 Å². The number of carbonyl (C=O) groups is 2. The third-order valence-electron chi connectivity index (χ3n) is 4.07. The number of ether oxygens (including phenoxy) is 1. The van der Waals surface area contributed by atoms with Crippen LogP contribution in [0.3, 0.4) is 0 Å². The van der Waals surface area contributed by atoms with Crippen molar-refractivity contribution in [3.8, 4) is 0 Å². The highest BCUT2D eigenvalue weighted by atomic mass is 19.1. The molecule has 23 heavy (non-hydrogen) atoms. The standard InChI is InChI=1S/C18H16FNO3/c1-23-18(22)12-7-6-11-8-9-16(14(11)10-12)20-17(21)13-4-2-3-5-15(13)19/h2-7,10,16H,8-9H2,1H3,(H,20,21). The Morgan fingerprint density at radius 2 is 2.00 bits per heavy atom. The maximum Gasteiger partial charge on any atom is 0.337 e. The van der Waals surface area contributed by atoms with E-state index in [9.17, 15) is 14.0 Å². The average Bonchev–Trinajstić information content (AvgIpc) is 2.96. The lowest BCUT2D eigenvalue weighted by Crippen LogP contribution is -2.28. The van der Waals surface area contributed by atoms with Gasteiger partial charge in [-0.05, 0) is 48.2 Å². The summed E-state index contributed by atoms with van der Waals surface area (Å²) in [5, 5.41) is 2.85. The summed E-state index contributed by atoms with van der Waals surface area (Å²) >= 11 is 0. The van der Waals surface area contributed by atoms with E-state index in [2.05, 4.69) is 5.32 Å². The van der Waals surface area contributed by atoms with Crippen LogP contribution < -0.4 is 5.32 Å². The van der Waals surface area contributed by atoms with Crippen molar-refractivity contribution in [3.63, 3.8) is 0 Å². The second-order valence-electron chi connectivity index (χ2n) is 5.45. The lowest BCUT2D eigenvalue weighted by Gasteiger charge is -2.15. The minimum atomic E-state index is -0.550. The Bertz CT molecular complexity index is 773. The molecule has 0 saturated heterocycles. The second kappa shape index (κ2) is 6.20. The number of halogens is 1. The second-order valence-corrected chi connectivity index (χ2v) is 5.45. The molecule has 4 nitrogen and oxygen atoms in total. The zero-order valence-corrected chi connectivity index (χ0v) is 12.6. The molecule has 0 saturated carbocycles. The molecule has 0 fully saturated rings. The monoisotopic (exact) mass is 313 g/mol. The third kappa shape index (κ3) is 2.95. The van der Waals surface area contributed by atoms with Gasteiger partial charge in [0.05, 0.1) is 24.3 Å². The number of amides is 1. The van der Waals surface area contributed by atoms with Gasteiger partial charge in [0.15, 0.2) is 0 Å². The Labute approximate surface area is 133 Å². The van der Waals surface area contributed by atoms with Gasteiger partial charge in [-0.2, -0.15) is 0 Å². The van der Waals surface area contributed by atoms with Crippen molar-refractivity contribution in [2.45, 2.75) is 18.9 Å². The van der Waals surface area contributed by atoms with E-state index >= 15 is 0 Å². The van der Waals surface area contributed by atoms with E-state index < -0.39 is 17.7 Å². The summed E-state index contributed by atoms with van der Waals surface area (Å²) in [4.78, 5) is 23.9. The molecule has 3 rings (SSSR count). The highest BCUT2D eigenvalue weighted by molar-refractivity contribution is 5.95. The third-order valence-corrected chi connectivity index (χ3v) is 4.07. The fraction of sp³-hybridized carbons (Fsp3) is 0.222. The summed E-state index contributed by atoms with van der Waals surface area (Å²) < 4.78 is 18.4. The highest BCUT2D eigenvalue weighted by Crippen LogP contribution is 2.32. The molecule has 118 valence electrons. The summed E-state index contributed by atoms with van der Waals surface area (Å²) in [6.45, 7) is 0. The Balaban J connectivity index is 1.83. The quantitative estimate of drug-likeness (QED) is 0.886. The molecule has 2 aromatic carbocycles. The van der Waals surface area contributed by atoms with Crippen LogP contribution in [0.15, 0.2) is 42.5 Å². The summed E-state index contributed by atoms with van der Waals surface area (Å²) in [6, 6.07) is 11.0. The van der Waals surface area contributed by atoms with Gasteiger partial charge in [0.25, 0.3) is 5.91 Å². The van der Waals surface area contributed by atoms with E-state index in [1.807, 2.05) is 6.07 Å². The van der Waals surface area contributed by atoms with Crippen molar-refractivity contribution in [2.24, 2.45) is 0 Å². The first-order chi connectivity index (χ1) is 11.1. The molecular weight excluding hydrogens is 297 g/mol. The molecule has 1 unspecified atom stereocenters. The normalized spacial score (nSPS) is 15.8. The largest absolute Gasteiger partial charge is 0.465 e. The maximum absolute atomic E-state index is 13.7. The molecule has 0 aliphatic heterocycles. The van der Waals surface area contributed by atoms with Crippen LogP contribution >= 0.6 is 0 Å². The summed E-state index contributed by atoms with van der Waals surface area (Å²) in [5.41, 5.74) is 2.43. The van der Waals surface area contributed by atoms with Crippen molar-refractivity contribution in [1.29, 1.82) is 0 Å². The number of aryl methyl sites for hydroxylation is 1. The van der Waals surface area contributed by atoms with Crippen LogP contribution in [0.25, 0.3) is 0 Å². The van der Waals surface area contributed by atoms with Crippen LogP contribution in [0.5, 0.6) is 0 Å². The summed E-state index contributed by atoms with van der Waals surface area (Å²) in [6.07, 6.45) is 1.53. The van der Waals surface area contributed by atoms with Gasteiger partial charge in [-0.1, -0.05) is 18.2 Å². The number of methoxy groups -OCH3 is 1. The number of nitrogens with one attached hydrogen (secondary N) is 1. The van der Waals surface area contributed by atoms with Crippen LogP contribution in [0, 0.1) is 5.82 Å². The molecule has 1 aliphatic rings. The molecule has 1 aliphatic carbocycles. The Kier molecular flexibility index (Phi) is 4.10. The van der Waals surface area contributed by atoms with Gasteiger partial charge in [0, 0.05) is 0 Å². The van der Waals surface area contributed by atoms with E-state index in [4.69, 9.17) is 4.74 Å². The van der Waals surface area contributed by atoms with Crippen molar-refractivity contribution < 1.29 is 18.7 Å². The van der Waals surface area contributed by atoms with E-state index in [1.54, 1.807) is 24.3 Å². The molecule has 0 bridgehead atoms. The van der Waals surface area contributed by atoms with Crippen LogP contribution in [-0.4, -0.2) is 19.0 Å². The molecule has 0 aromatic heterocycles. The van der Waals surface area contributed by atoms with Crippen LogP contribution in [0.4, 0.5) is 4.39 Å². The molecule has 2 aromatic rings. The molecule has 1 amide bonds. The first-order valence-electron chi connectivity index (χ1n) is 7.36. The predicted molar refractivity (Wildman–Crippen MR) is 82.7 cm³/mol. The van der Waals surface area contributed by atoms with Crippen molar-refractivity contribution in [1.82, 2.24) is 5.32 Å². The minimum absolute atomic E-state index is 0.0186. The van der Waals surface area contributed by atoms with Gasteiger partial charge in [0.2, 0.25) is 0 Å². The lowest BCUT2D eigenvalue weighted by atomic mass is 10.0. The number of rotatable bonds is 3. The summed E-state index contributed by atoms with van der Waals surface area (Å²) in [5.74, 6) is -1.42. The van der Waals surface area contributed by atoms with Crippen molar-refractivity contribution >= 4 is 11.9 Å². The molecule has 0 radical (unpaired) electrons. The van der Waals surface area contributed by atoms with E-state index in [1.165, 1.54) is 19.2 Å². The number of hydrogen-bond acceptors (Lipinski definition) is 3. The van der Waals surface area contributed by atoms with Crippen LogP contribution in [0.2, 0.25) is 0 Å².